The molecule has 0 saturated heterocycles. The molecule has 12 aromatic carbocycles. The molecule has 0 fully saturated rings. The number of rotatable bonds is 11. The van der Waals surface area contributed by atoms with Crippen LogP contribution in [0.4, 0.5) is 17.1 Å². The lowest BCUT2D eigenvalue weighted by molar-refractivity contribution is 1.28. The van der Waals surface area contributed by atoms with Crippen molar-refractivity contribution in [1.29, 1.82) is 0 Å². The molecule has 0 aliphatic heterocycles. The van der Waals surface area contributed by atoms with Gasteiger partial charge in [0, 0.05) is 17.1 Å². The second kappa shape index (κ2) is 19.4. The molecule has 0 amide bonds. The molecule has 71 heavy (non-hydrogen) atoms. The second-order valence-corrected chi connectivity index (χ2v) is 17.7. The Hall–Kier alpha value is -9.30. The van der Waals surface area contributed by atoms with Gasteiger partial charge in [-0.1, -0.05) is 249 Å². The molecule has 0 bridgehead atoms. The lowest BCUT2D eigenvalue weighted by atomic mass is 9.89. The molecule has 1 heteroatoms. The van der Waals surface area contributed by atoms with Gasteiger partial charge in [0.2, 0.25) is 0 Å². The van der Waals surface area contributed by atoms with Crippen LogP contribution in [0.3, 0.4) is 0 Å². The number of anilines is 3. The van der Waals surface area contributed by atoms with Crippen molar-refractivity contribution in [2.24, 2.45) is 0 Å². The Balaban J connectivity index is 1.000. The van der Waals surface area contributed by atoms with Gasteiger partial charge < -0.3 is 4.90 Å². The Bertz CT molecular complexity index is 3970. The highest BCUT2D eigenvalue weighted by atomic mass is 15.1. The number of hydrogen-bond acceptors (Lipinski definition) is 1. The molecule has 0 heterocycles. The molecule has 12 aromatic rings. The Morgan fingerprint density at radius 2 is 0.592 bits per heavy atom. The van der Waals surface area contributed by atoms with Crippen LogP contribution in [0.15, 0.2) is 297 Å². The third-order valence-electron chi connectivity index (χ3n) is 13.4. The summed E-state index contributed by atoms with van der Waals surface area (Å²) in [7, 11) is 0. The van der Waals surface area contributed by atoms with E-state index in [1.165, 1.54) is 0 Å². The average Bonchev–Trinajstić information content (AvgIpc) is 3.49. The van der Waals surface area contributed by atoms with Gasteiger partial charge in [-0.15, -0.1) is 0 Å². The normalized spacial score (nSPS) is 11.9. The van der Waals surface area contributed by atoms with E-state index in [1.54, 1.807) is 0 Å². The van der Waals surface area contributed by atoms with Gasteiger partial charge in [-0.2, -0.15) is 0 Å². The van der Waals surface area contributed by atoms with Crippen LogP contribution in [-0.2, 0) is 0 Å². The van der Waals surface area contributed by atoms with Crippen LogP contribution < -0.4 is 4.90 Å². The van der Waals surface area contributed by atoms with E-state index >= 15 is 0 Å². The van der Waals surface area contributed by atoms with Crippen molar-refractivity contribution in [1.82, 2.24) is 0 Å². The Kier molecular flexibility index (Phi) is 10.5. The molecule has 334 valence electrons. The zero-order valence-corrected chi connectivity index (χ0v) is 38.9. The molecule has 0 atom stereocenters. The molecule has 0 unspecified atom stereocenters. The fraction of sp³-hybridized carbons (Fsp3) is 0. The zero-order chi connectivity index (χ0) is 50.8. The van der Waals surface area contributed by atoms with Crippen molar-refractivity contribution in [2.75, 3.05) is 4.90 Å². The van der Waals surface area contributed by atoms with E-state index in [0.717, 1.165) is 88.7 Å². The monoisotopic (exact) mass is 907 g/mol. The summed E-state index contributed by atoms with van der Waals surface area (Å²) < 4.78 is 39.2. The summed E-state index contributed by atoms with van der Waals surface area (Å²) in [6.07, 6.45) is 0. The van der Waals surface area contributed by atoms with Crippen LogP contribution in [0.1, 0.15) is 5.48 Å². The predicted molar refractivity (Wildman–Crippen MR) is 302 cm³/mol. The minimum Gasteiger partial charge on any atom is -0.311 e. The van der Waals surface area contributed by atoms with E-state index in [-0.39, 0.29) is 35.4 Å². The summed E-state index contributed by atoms with van der Waals surface area (Å²) in [5.74, 6) is 0. The van der Waals surface area contributed by atoms with Crippen LogP contribution in [0.25, 0.3) is 99.8 Å². The van der Waals surface area contributed by atoms with Crippen molar-refractivity contribution in [3.05, 3.63) is 297 Å². The Labute approximate surface area is 422 Å². The maximum absolute atomic E-state index is 9.86. The van der Waals surface area contributed by atoms with Gasteiger partial charge in [0.05, 0.1) is 5.48 Å². The van der Waals surface area contributed by atoms with Crippen molar-refractivity contribution < 1.29 is 5.48 Å². The topological polar surface area (TPSA) is 3.24 Å². The fourth-order valence-electron chi connectivity index (χ4n) is 9.87. The van der Waals surface area contributed by atoms with Gasteiger partial charge in [-0.3, -0.25) is 0 Å². The SMILES string of the molecule is [2H]c1c([2H])c(N(c2ccc(-c3ccc(-c4ccccc4)c(-c4ccccc4)c3)cc2)c2ccc(-c3ccc4ccccc4c3-c3ccccc3)cc2)c([2H])c([2H])c1-c1ccc(-c2ccccc2)c(-c2ccccc2)c1. The molecular weight excluding hydrogens is 855 g/mol. The summed E-state index contributed by atoms with van der Waals surface area (Å²) in [6, 6.07) is 93.0. The molecule has 0 aliphatic rings. The van der Waals surface area contributed by atoms with Crippen LogP contribution >= 0.6 is 0 Å². The van der Waals surface area contributed by atoms with Crippen LogP contribution in [0.5, 0.6) is 0 Å². The van der Waals surface area contributed by atoms with Gasteiger partial charge in [-0.25, -0.2) is 0 Å². The average molecular weight is 908 g/mol. The molecular formula is C70H49N. The van der Waals surface area contributed by atoms with Gasteiger partial charge in [-0.05, 0) is 148 Å². The first-order chi connectivity index (χ1) is 36.9. The quantitative estimate of drug-likeness (QED) is 0.125. The predicted octanol–water partition coefficient (Wildman–Crippen LogP) is 19.6. The number of hydrogen-bond donors (Lipinski definition) is 0. The van der Waals surface area contributed by atoms with E-state index in [2.05, 4.69) is 176 Å². The largest absolute Gasteiger partial charge is 0.311 e. The number of benzene rings is 12. The van der Waals surface area contributed by atoms with Crippen molar-refractivity contribution in [2.45, 2.75) is 0 Å². The van der Waals surface area contributed by atoms with Crippen molar-refractivity contribution in [3.63, 3.8) is 0 Å². The first-order valence-corrected chi connectivity index (χ1v) is 24.1. The van der Waals surface area contributed by atoms with Gasteiger partial charge >= 0.3 is 0 Å². The minimum absolute atomic E-state index is 0.119. The van der Waals surface area contributed by atoms with E-state index in [1.807, 2.05) is 102 Å². The third-order valence-corrected chi connectivity index (χ3v) is 13.4. The maximum Gasteiger partial charge on any atom is 0.0645 e. The van der Waals surface area contributed by atoms with E-state index in [9.17, 15) is 5.48 Å². The van der Waals surface area contributed by atoms with Crippen molar-refractivity contribution in [3.8, 4) is 89.0 Å². The summed E-state index contributed by atoms with van der Waals surface area (Å²) in [5.41, 5.74) is 17.3. The van der Waals surface area contributed by atoms with Crippen LogP contribution in [-0.4, -0.2) is 0 Å². The van der Waals surface area contributed by atoms with Gasteiger partial charge in [0.1, 0.15) is 0 Å². The zero-order valence-electron chi connectivity index (χ0n) is 42.9. The maximum atomic E-state index is 9.86. The summed E-state index contributed by atoms with van der Waals surface area (Å²) in [4.78, 5) is 1.87. The second-order valence-electron chi connectivity index (χ2n) is 17.7. The summed E-state index contributed by atoms with van der Waals surface area (Å²) in [6.45, 7) is 0. The first kappa shape index (κ1) is 38.6. The highest BCUT2D eigenvalue weighted by Crippen LogP contribution is 2.43. The minimum atomic E-state index is -0.141. The third kappa shape index (κ3) is 8.74. The number of nitrogens with zero attached hydrogens (tertiary/aromatic N) is 1. The summed E-state index contributed by atoms with van der Waals surface area (Å²) in [5, 5.41) is 2.32. The molecule has 0 saturated carbocycles. The lowest BCUT2D eigenvalue weighted by Gasteiger charge is -2.26. The molecule has 0 aliphatic carbocycles. The molecule has 12 rings (SSSR count). The number of fused-ring (bicyclic) bond motifs is 1. The standard InChI is InChI=1S/C70H49N/c1-6-18-52(19-7-1)64-45-37-59(48-68(64)54-22-10-3-11-23-54)50-30-39-61(40-31-50)71(63-43-34-57(35-44-63)67-47-36-56-26-16-17-29-66(56)70(67)58-27-14-5-15-28-58)62-41-32-51(33-42-62)60-38-46-65(53-20-8-2-9-21-53)69(49-60)55-24-12-4-13-25-55/h1-49H/i30D,31D,39D,40D. The molecule has 0 spiro atoms. The molecule has 0 aromatic heterocycles. The Morgan fingerprint density at radius 3 is 1.08 bits per heavy atom. The van der Waals surface area contributed by atoms with Crippen molar-refractivity contribution >= 4 is 27.8 Å². The molecule has 1 nitrogen and oxygen atoms in total. The van der Waals surface area contributed by atoms with Gasteiger partial charge in [0.15, 0.2) is 0 Å². The fourth-order valence-corrected chi connectivity index (χ4v) is 9.87. The lowest BCUT2D eigenvalue weighted by Crippen LogP contribution is -2.09. The van der Waals surface area contributed by atoms with Crippen LogP contribution in [0, 0.1) is 0 Å². The highest BCUT2D eigenvalue weighted by Gasteiger charge is 2.18. The molecule has 0 radical (unpaired) electrons. The van der Waals surface area contributed by atoms with E-state index < -0.39 is 0 Å². The van der Waals surface area contributed by atoms with E-state index in [4.69, 9.17) is 0 Å². The molecule has 0 N–H and O–H groups in total. The highest BCUT2D eigenvalue weighted by molar-refractivity contribution is 6.04. The van der Waals surface area contributed by atoms with Crippen LogP contribution in [0.2, 0.25) is 0 Å². The summed E-state index contributed by atoms with van der Waals surface area (Å²) >= 11 is 0. The van der Waals surface area contributed by atoms with E-state index in [0.29, 0.717) is 16.9 Å². The van der Waals surface area contributed by atoms with Gasteiger partial charge in [0.25, 0.3) is 0 Å². The first-order valence-electron chi connectivity index (χ1n) is 26.1. The smallest absolute Gasteiger partial charge is 0.0645 e. The Morgan fingerprint density at radius 1 is 0.225 bits per heavy atom.